The fourth-order valence-corrected chi connectivity index (χ4v) is 3.17. The van der Waals surface area contributed by atoms with Gasteiger partial charge in [0.2, 0.25) is 0 Å². The third-order valence-electron chi connectivity index (χ3n) is 4.72. The van der Waals surface area contributed by atoms with Crippen LogP contribution in [-0.4, -0.2) is 46.7 Å². The van der Waals surface area contributed by atoms with Crippen molar-refractivity contribution in [1.82, 2.24) is 20.0 Å². The second-order valence-electron chi connectivity index (χ2n) is 6.73. The van der Waals surface area contributed by atoms with Gasteiger partial charge < -0.3 is 16.0 Å². The standard InChI is InChI=1S/C19H23F3N6/c1-12-17(18(26-13(2)24-3)27-8-7-15(23)11-27)10-25-28(12)16-6-4-5-14(9-16)19(20,21)22/h4-6,9-10,15,24H,2,7-8,11,23H2,1,3H3/b26-18+. The summed E-state index contributed by atoms with van der Waals surface area (Å²) in [4.78, 5) is 6.60. The number of halogens is 3. The Morgan fingerprint density at radius 2 is 2.14 bits per heavy atom. The molecule has 0 saturated carbocycles. The maximum Gasteiger partial charge on any atom is 0.416 e. The molecule has 1 fully saturated rings. The number of likely N-dealkylation sites (tertiary alicyclic amines) is 1. The smallest absolute Gasteiger partial charge is 0.374 e. The molecule has 9 heteroatoms. The molecule has 3 N–H and O–H groups in total. The van der Waals surface area contributed by atoms with Crippen LogP contribution in [-0.2, 0) is 6.18 Å². The van der Waals surface area contributed by atoms with E-state index in [1.54, 1.807) is 26.2 Å². The Labute approximate surface area is 161 Å². The zero-order valence-corrected chi connectivity index (χ0v) is 15.8. The van der Waals surface area contributed by atoms with Gasteiger partial charge in [-0.2, -0.15) is 18.3 Å². The number of aliphatic imine (C=N–C) groups is 1. The first-order valence-corrected chi connectivity index (χ1v) is 8.89. The van der Waals surface area contributed by atoms with E-state index in [1.807, 2.05) is 4.90 Å². The van der Waals surface area contributed by atoms with Gasteiger partial charge in [0.05, 0.1) is 28.7 Å². The maximum atomic E-state index is 13.1. The van der Waals surface area contributed by atoms with Crippen LogP contribution in [0.4, 0.5) is 13.2 Å². The number of rotatable bonds is 4. The lowest BCUT2D eigenvalue weighted by Gasteiger charge is -2.21. The van der Waals surface area contributed by atoms with Gasteiger partial charge in [0.15, 0.2) is 0 Å². The van der Waals surface area contributed by atoms with Gasteiger partial charge in [-0.1, -0.05) is 12.6 Å². The third-order valence-corrected chi connectivity index (χ3v) is 4.72. The highest BCUT2D eigenvalue weighted by Gasteiger charge is 2.31. The zero-order chi connectivity index (χ0) is 20.5. The van der Waals surface area contributed by atoms with Gasteiger partial charge in [-0.15, -0.1) is 0 Å². The predicted molar refractivity (Wildman–Crippen MR) is 102 cm³/mol. The Morgan fingerprint density at radius 3 is 2.75 bits per heavy atom. The molecule has 1 saturated heterocycles. The first-order chi connectivity index (χ1) is 13.2. The SMILES string of the molecule is C=C(/N=C(\c1cnn(-c2cccc(C(F)(F)F)c2)c1C)N1CCC(N)C1)NC. The van der Waals surface area contributed by atoms with Crippen LogP contribution < -0.4 is 11.1 Å². The quantitative estimate of drug-likeness (QED) is 0.620. The first-order valence-electron chi connectivity index (χ1n) is 8.89. The number of nitrogens with zero attached hydrogens (tertiary/aromatic N) is 4. The van der Waals surface area contributed by atoms with E-state index in [0.717, 1.165) is 30.7 Å². The number of nitrogens with two attached hydrogens (primary N) is 1. The number of hydrogen-bond acceptors (Lipinski definition) is 4. The van der Waals surface area contributed by atoms with Crippen LogP contribution in [0.1, 0.15) is 23.2 Å². The first kappa shape index (κ1) is 19.9. The van der Waals surface area contributed by atoms with Crippen molar-refractivity contribution in [1.29, 1.82) is 0 Å². The molecule has 2 heterocycles. The molecule has 0 radical (unpaired) electrons. The van der Waals surface area contributed by atoms with E-state index in [0.29, 0.717) is 29.6 Å². The van der Waals surface area contributed by atoms with Crippen LogP contribution in [0.5, 0.6) is 0 Å². The molecule has 6 nitrogen and oxygen atoms in total. The summed E-state index contributed by atoms with van der Waals surface area (Å²) in [6.45, 7) is 7.04. The van der Waals surface area contributed by atoms with Crippen LogP contribution in [0.15, 0.2) is 47.9 Å². The van der Waals surface area contributed by atoms with Gasteiger partial charge in [-0.25, -0.2) is 9.67 Å². The molecule has 2 aromatic rings. The largest absolute Gasteiger partial charge is 0.416 e. The average molecular weight is 392 g/mol. The van der Waals surface area contributed by atoms with Crippen LogP contribution in [0.2, 0.25) is 0 Å². The lowest BCUT2D eigenvalue weighted by Crippen LogP contribution is -2.33. The summed E-state index contributed by atoms with van der Waals surface area (Å²) in [5, 5.41) is 7.20. The lowest BCUT2D eigenvalue weighted by molar-refractivity contribution is -0.137. The Kier molecular flexibility index (Phi) is 5.46. The van der Waals surface area contributed by atoms with Gasteiger partial charge >= 0.3 is 6.18 Å². The van der Waals surface area contributed by atoms with E-state index in [9.17, 15) is 13.2 Å². The third kappa shape index (κ3) is 4.04. The van der Waals surface area contributed by atoms with Gasteiger partial charge in [0.25, 0.3) is 0 Å². The fraction of sp³-hybridized carbons (Fsp3) is 0.368. The molecule has 1 aliphatic rings. The van der Waals surface area contributed by atoms with Crippen molar-refractivity contribution in [3.63, 3.8) is 0 Å². The normalized spacial score (nSPS) is 17.9. The second-order valence-corrected chi connectivity index (χ2v) is 6.73. The van der Waals surface area contributed by atoms with E-state index in [4.69, 9.17) is 5.73 Å². The minimum Gasteiger partial charge on any atom is -0.374 e. The molecule has 150 valence electrons. The highest BCUT2D eigenvalue weighted by atomic mass is 19.4. The number of hydrogen-bond donors (Lipinski definition) is 2. The lowest BCUT2D eigenvalue weighted by atomic mass is 10.2. The van der Waals surface area contributed by atoms with E-state index in [1.165, 1.54) is 10.7 Å². The van der Waals surface area contributed by atoms with Crippen LogP contribution in [0.25, 0.3) is 5.69 Å². The molecule has 1 atom stereocenters. The van der Waals surface area contributed by atoms with Crippen molar-refractivity contribution in [2.45, 2.75) is 25.6 Å². The van der Waals surface area contributed by atoms with Gasteiger partial charge in [-0.05, 0) is 31.5 Å². The Bertz CT molecular complexity index is 899. The average Bonchev–Trinajstić information content (AvgIpc) is 3.25. The molecular formula is C19H23F3N6. The topological polar surface area (TPSA) is 71.5 Å². The van der Waals surface area contributed by atoms with E-state index in [-0.39, 0.29) is 6.04 Å². The zero-order valence-electron chi connectivity index (χ0n) is 15.8. The van der Waals surface area contributed by atoms with Crippen molar-refractivity contribution in [2.75, 3.05) is 20.1 Å². The molecule has 28 heavy (non-hydrogen) atoms. The second kappa shape index (κ2) is 7.67. The number of nitrogens with one attached hydrogen (secondary N) is 1. The van der Waals surface area contributed by atoms with Crippen LogP contribution >= 0.6 is 0 Å². The van der Waals surface area contributed by atoms with Crippen molar-refractivity contribution in [3.05, 3.63) is 59.7 Å². The van der Waals surface area contributed by atoms with Gasteiger partial charge in [0.1, 0.15) is 11.7 Å². The molecule has 1 aromatic heterocycles. The Hall–Kier alpha value is -2.81. The Morgan fingerprint density at radius 1 is 1.39 bits per heavy atom. The van der Waals surface area contributed by atoms with Crippen LogP contribution in [0.3, 0.4) is 0 Å². The molecule has 0 amide bonds. The highest BCUT2D eigenvalue weighted by Crippen LogP contribution is 2.30. The van der Waals surface area contributed by atoms with E-state index in [2.05, 4.69) is 22.0 Å². The maximum absolute atomic E-state index is 13.1. The minimum absolute atomic E-state index is 0.0480. The molecule has 0 aliphatic carbocycles. The molecule has 0 bridgehead atoms. The number of benzene rings is 1. The molecular weight excluding hydrogens is 369 g/mol. The summed E-state index contributed by atoms with van der Waals surface area (Å²) < 4.78 is 40.7. The summed E-state index contributed by atoms with van der Waals surface area (Å²) in [5.74, 6) is 1.13. The summed E-state index contributed by atoms with van der Waals surface area (Å²) in [5.41, 5.74) is 7.06. The van der Waals surface area contributed by atoms with Gasteiger partial charge in [-0.3, -0.25) is 0 Å². The van der Waals surface area contributed by atoms with Crippen molar-refractivity contribution < 1.29 is 13.2 Å². The van der Waals surface area contributed by atoms with E-state index >= 15 is 0 Å². The summed E-state index contributed by atoms with van der Waals surface area (Å²) in [6.07, 6.45) is -1.96. The summed E-state index contributed by atoms with van der Waals surface area (Å²) >= 11 is 0. The van der Waals surface area contributed by atoms with Crippen molar-refractivity contribution >= 4 is 5.84 Å². The van der Waals surface area contributed by atoms with E-state index < -0.39 is 11.7 Å². The van der Waals surface area contributed by atoms with Crippen molar-refractivity contribution in [2.24, 2.45) is 10.7 Å². The molecule has 1 aromatic carbocycles. The fourth-order valence-electron chi connectivity index (χ4n) is 3.17. The van der Waals surface area contributed by atoms with Gasteiger partial charge in [0, 0.05) is 26.2 Å². The summed E-state index contributed by atoms with van der Waals surface area (Å²) in [7, 11) is 1.72. The molecule has 0 spiro atoms. The molecule has 3 rings (SSSR count). The number of aromatic nitrogens is 2. The monoisotopic (exact) mass is 392 g/mol. The Balaban J connectivity index is 2.03. The summed E-state index contributed by atoms with van der Waals surface area (Å²) in [6, 6.07) is 5.13. The number of amidine groups is 1. The van der Waals surface area contributed by atoms with Crippen LogP contribution in [0, 0.1) is 6.92 Å². The molecule has 1 aliphatic heterocycles. The molecule has 1 unspecified atom stereocenters. The number of alkyl halides is 3. The predicted octanol–water partition coefficient (Wildman–Crippen LogP) is 2.67. The minimum atomic E-state index is -4.41. The van der Waals surface area contributed by atoms with Crippen molar-refractivity contribution in [3.8, 4) is 5.69 Å². The highest BCUT2D eigenvalue weighted by molar-refractivity contribution is 6.00.